The van der Waals surface area contributed by atoms with Crippen molar-refractivity contribution >= 4 is 0 Å². The van der Waals surface area contributed by atoms with Crippen molar-refractivity contribution < 1.29 is 5.11 Å². The van der Waals surface area contributed by atoms with Crippen LogP contribution in [0.3, 0.4) is 0 Å². The van der Waals surface area contributed by atoms with Crippen LogP contribution in [0.2, 0.25) is 0 Å². The van der Waals surface area contributed by atoms with Gasteiger partial charge in [0.1, 0.15) is 12.4 Å². The molecule has 1 saturated heterocycles. The summed E-state index contributed by atoms with van der Waals surface area (Å²) in [6.07, 6.45) is 2.24. The molecule has 2 atom stereocenters. The van der Waals surface area contributed by atoms with Crippen LogP contribution in [0.15, 0.2) is 6.33 Å². The fourth-order valence-corrected chi connectivity index (χ4v) is 1.71. The lowest BCUT2D eigenvalue weighted by Gasteiger charge is -2.13. The minimum Gasteiger partial charge on any atom is -0.385 e. The summed E-state index contributed by atoms with van der Waals surface area (Å²) in [6.45, 7) is 3.68. The second-order valence-corrected chi connectivity index (χ2v) is 3.42. The van der Waals surface area contributed by atoms with E-state index in [-0.39, 0.29) is 0 Å². The van der Waals surface area contributed by atoms with Gasteiger partial charge in [0.25, 0.3) is 0 Å². The summed E-state index contributed by atoms with van der Waals surface area (Å²) < 4.78 is 1.96. The van der Waals surface area contributed by atoms with E-state index in [1.807, 2.05) is 4.57 Å². The minimum absolute atomic E-state index is 0.402. The van der Waals surface area contributed by atoms with E-state index in [1.165, 1.54) is 0 Å². The first-order valence-corrected chi connectivity index (χ1v) is 4.57. The van der Waals surface area contributed by atoms with Gasteiger partial charge in [-0.3, -0.25) is 0 Å². The highest BCUT2D eigenvalue weighted by Gasteiger charge is 2.21. The Labute approximate surface area is 76.8 Å². The topological polar surface area (TPSA) is 63.0 Å². The van der Waals surface area contributed by atoms with Gasteiger partial charge in [0.2, 0.25) is 0 Å². The summed E-state index contributed by atoms with van der Waals surface area (Å²) in [5.41, 5.74) is 0. The summed E-state index contributed by atoms with van der Waals surface area (Å²) in [5.74, 6) is 0.661. The van der Waals surface area contributed by atoms with Crippen LogP contribution in [0.1, 0.15) is 31.3 Å². The van der Waals surface area contributed by atoms with Crippen LogP contribution in [0, 0.1) is 0 Å². The highest BCUT2D eigenvalue weighted by atomic mass is 16.3. The van der Waals surface area contributed by atoms with Gasteiger partial charge in [0, 0.05) is 6.54 Å². The third-order valence-corrected chi connectivity index (χ3v) is 2.40. The largest absolute Gasteiger partial charge is 0.385 e. The van der Waals surface area contributed by atoms with Crippen molar-refractivity contribution in [1.82, 2.24) is 20.1 Å². The van der Waals surface area contributed by atoms with Crippen LogP contribution in [0.25, 0.3) is 0 Å². The molecule has 1 fully saturated rings. The molecular formula is C8H14N4O. The number of rotatable bonds is 2. The smallest absolute Gasteiger partial charge is 0.161 e. The first kappa shape index (κ1) is 8.65. The van der Waals surface area contributed by atoms with Crippen LogP contribution in [-0.2, 0) is 0 Å². The third-order valence-electron chi connectivity index (χ3n) is 2.40. The number of aliphatic hydroxyl groups excluding tert-OH is 1. The maximum atomic E-state index is 9.41. The zero-order valence-electron chi connectivity index (χ0n) is 7.64. The molecule has 5 nitrogen and oxygen atoms in total. The van der Waals surface area contributed by atoms with Crippen molar-refractivity contribution in [2.75, 3.05) is 13.1 Å². The van der Waals surface area contributed by atoms with E-state index in [9.17, 15) is 5.11 Å². The van der Waals surface area contributed by atoms with E-state index in [2.05, 4.69) is 15.5 Å². The Kier molecular flexibility index (Phi) is 2.28. The number of nitrogens with one attached hydrogen (secondary N) is 1. The molecule has 0 spiro atoms. The van der Waals surface area contributed by atoms with Crippen LogP contribution >= 0.6 is 0 Å². The average molecular weight is 182 g/mol. The molecule has 0 saturated carbocycles. The maximum Gasteiger partial charge on any atom is 0.161 e. The summed E-state index contributed by atoms with van der Waals surface area (Å²) in [6, 6.07) is 0.402. The first-order chi connectivity index (χ1) is 6.29. The van der Waals surface area contributed by atoms with E-state index in [0.29, 0.717) is 11.9 Å². The molecule has 1 aromatic heterocycles. The van der Waals surface area contributed by atoms with Crippen LogP contribution in [-0.4, -0.2) is 33.0 Å². The predicted octanol–water partition coefficient (Wildman–Crippen LogP) is -0.134. The molecule has 1 aliphatic heterocycles. The lowest BCUT2D eigenvalue weighted by atomic mass is 10.2. The summed E-state index contributed by atoms with van der Waals surface area (Å²) in [7, 11) is 0. The fourth-order valence-electron chi connectivity index (χ4n) is 1.71. The molecular weight excluding hydrogens is 168 g/mol. The monoisotopic (exact) mass is 182 g/mol. The van der Waals surface area contributed by atoms with E-state index in [1.54, 1.807) is 13.3 Å². The Morgan fingerprint density at radius 3 is 3.23 bits per heavy atom. The molecule has 2 rings (SSSR count). The van der Waals surface area contributed by atoms with E-state index < -0.39 is 6.10 Å². The number of hydrogen-bond acceptors (Lipinski definition) is 4. The summed E-state index contributed by atoms with van der Waals surface area (Å²) in [4.78, 5) is 0. The lowest BCUT2D eigenvalue weighted by molar-refractivity contribution is 0.181. The lowest BCUT2D eigenvalue weighted by Crippen LogP contribution is -2.16. The Morgan fingerprint density at radius 2 is 2.62 bits per heavy atom. The molecule has 0 aliphatic carbocycles. The van der Waals surface area contributed by atoms with Crippen LogP contribution in [0.4, 0.5) is 0 Å². The van der Waals surface area contributed by atoms with Crippen molar-refractivity contribution in [1.29, 1.82) is 0 Å². The third kappa shape index (κ3) is 1.57. The molecule has 0 radical (unpaired) electrons. The van der Waals surface area contributed by atoms with Crippen LogP contribution in [0.5, 0.6) is 0 Å². The van der Waals surface area contributed by atoms with Gasteiger partial charge in [-0.25, -0.2) is 0 Å². The molecule has 2 heterocycles. The van der Waals surface area contributed by atoms with Gasteiger partial charge < -0.3 is 15.0 Å². The van der Waals surface area contributed by atoms with Crippen molar-refractivity contribution in [3.8, 4) is 0 Å². The van der Waals surface area contributed by atoms with Crippen molar-refractivity contribution in [2.24, 2.45) is 0 Å². The Hall–Kier alpha value is -0.940. The Bertz CT molecular complexity index is 277. The second kappa shape index (κ2) is 3.43. The number of aromatic nitrogens is 3. The van der Waals surface area contributed by atoms with Crippen molar-refractivity contribution in [2.45, 2.75) is 25.5 Å². The van der Waals surface area contributed by atoms with Gasteiger partial charge in [-0.1, -0.05) is 0 Å². The average Bonchev–Trinajstić information content (AvgIpc) is 2.74. The van der Waals surface area contributed by atoms with Gasteiger partial charge in [-0.15, -0.1) is 10.2 Å². The molecule has 0 bridgehead atoms. The molecule has 0 amide bonds. The van der Waals surface area contributed by atoms with Crippen LogP contribution < -0.4 is 5.32 Å². The number of hydrogen-bond donors (Lipinski definition) is 2. The zero-order valence-corrected chi connectivity index (χ0v) is 7.64. The van der Waals surface area contributed by atoms with Gasteiger partial charge in [-0.05, 0) is 19.9 Å². The standard InChI is InChI=1S/C8H14N4O/c1-6(13)8-11-10-5-12(8)7-2-3-9-4-7/h5-7,9,13H,2-4H2,1H3. The van der Waals surface area contributed by atoms with Gasteiger partial charge in [-0.2, -0.15) is 0 Å². The Balaban J connectivity index is 2.23. The number of nitrogens with zero attached hydrogens (tertiary/aromatic N) is 3. The zero-order chi connectivity index (χ0) is 9.26. The summed E-state index contributed by atoms with van der Waals surface area (Å²) >= 11 is 0. The highest BCUT2D eigenvalue weighted by molar-refractivity contribution is 4.94. The molecule has 1 aromatic rings. The SMILES string of the molecule is CC(O)c1nncn1C1CCNC1. The first-order valence-electron chi connectivity index (χ1n) is 4.57. The van der Waals surface area contributed by atoms with Gasteiger partial charge in [0.15, 0.2) is 5.82 Å². The normalized spacial score (nSPS) is 24.9. The molecule has 5 heteroatoms. The Morgan fingerprint density at radius 1 is 1.77 bits per heavy atom. The second-order valence-electron chi connectivity index (χ2n) is 3.42. The fraction of sp³-hybridized carbons (Fsp3) is 0.750. The molecule has 13 heavy (non-hydrogen) atoms. The van der Waals surface area contributed by atoms with E-state index in [0.717, 1.165) is 19.5 Å². The van der Waals surface area contributed by atoms with E-state index in [4.69, 9.17) is 0 Å². The number of aliphatic hydroxyl groups is 1. The van der Waals surface area contributed by atoms with Crippen molar-refractivity contribution in [3.63, 3.8) is 0 Å². The highest BCUT2D eigenvalue weighted by Crippen LogP contribution is 2.19. The molecule has 2 unspecified atom stereocenters. The van der Waals surface area contributed by atoms with Gasteiger partial charge >= 0.3 is 0 Å². The maximum absolute atomic E-state index is 9.41. The quantitative estimate of drug-likeness (QED) is 0.668. The molecule has 2 N–H and O–H groups in total. The van der Waals surface area contributed by atoms with Crippen molar-refractivity contribution in [3.05, 3.63) is 12.2 Å². The minimum atomic E-state index is -0.539. The molecule has 72 valence electrons. The molecule has 1 aliphatic rings. The van der Waals surface area contributed by atoms with E-state index >= 15 is 0 Å². The molecule has 0 aromatic carbocycles. The van der Waals surface area contributed by atoms with Gasteiger partial charge in [0.05, 0.1) is 6.04 Å². The summed E-state index contributed by atoms with van der Waals surface area (Å²) in [5, 5.41) is 20.4. The predicted molar refractivity (Wildman–Crippen MR) is 47.2 cm³/mol.